The van der Waals surface area contributed by atoms with Crippen molar-refractivity contribution in [3.05, 3.63) is 0 Å². The van der Waals surface area contributed by atoms with E-state index in [0.717, 1.165) is 38.0 Å². The van der Waals surface area contributed by atoms with Crippen LogP contribution in [0, 0.1) is 23.2 Å². The molecule has 21 heavy (non-hydrogen) atoms. The molecule has 2 saturated carbocycles. The van der Waals surface area contributed by atoms with Crippen LogP contribution < -0.4 is 0 Å². The summed E-state index contributed by atoms with van der Waals surface area (Å²) in [6, 6.07) is 0. The van der Waals surface area contributed by atoms with Crippen molar-refractivity contribution >= 4 is 20.0 Å². The Labute approximate surface area is 136 Å². The average molecular weight is 333 g/mol. The fourth-order valence-corrected chi connectivity index (χ4v) is 7.26. The third-order valence-corrected chi connectivity index (χ3v) is 8.93. The van der Waals surface area contributed by atoms with Gasteiger partial charge in [0, 0.05) is 11.2 Å². The van der Waals surface area contributed by atoms with Crippen LogP contribution in [0.2, 0.25) is 0 Å². The molecule has 0 spiro atoms. The highest BCUT2D eigenvalue weighted by Crippen LogP contribution is 2.66. The van der Waals surface area contributed by atoms with Gasteiger partial charge in [-0.2, -0.15) is 0 Å². The lowest BCUT2D eigenvalue weighted by Crippen LogP contribution is -2.35. The number of unbranched alkanes of at least 4 members (excludes halogenated alkanes) is 1. The Bertz CT molecular complexity index is 455. The maximum absolute atomic E-state index is 13.1. The fraction of sp³-hybridized carbons (Fsp3) is 1.00. The number of hydrogen-bond donors (Lipinski definition) is 0. The van der Waals surface area contributed by atoms with Crippen molar-refractivity contribution in [3.8, 4) is 0 Å². The van der Waals surface area contributed by atoms with E-state index in [4.69, 9.17) is 15.4 Å². The number of hydrogen-bond acceptors (Lipinski definition) is 3. The third-order valence-electron chi connectivity index (χ3n) is 6.01. The fourth-order valence-electron chi connectivity index (χ4n) is 4.24. The molecule has 2 aliphatic carbocycles. The zero-order valence-corrected chi connectivity index (χ0v) is 15.9. The zero-order valence-electron chi connectivity index (χ0n) is 14.3. The Morgan fingerprint density at radius 3 is 2.48 bits per heavy atom. The topological polar surface area (TPSA) is 26.3 Å². The highest BCUT2D eigenvalue weighted by molar-refractivity contribution is 8.30. The number of fused-ring (bicyclic) bond motifs is 1. The van der Waals surface area contributed by atoms with Crippen molar-refractivity contribution in [2.24, 2.45) is 23.2 Å². The molecule has 2 rings (SSSR count). The van der Waals surface area contributed by atoms with E-state index >= 15 is 0 Å². The van der Waals surface area contributed by atoms with E-state index < -0.39 is 8.77 Å². The molecule has 0 aliphatic heterocycles. The van der Waals surface area contributed by atoms with Crippen LogP contribution in [0.1, 0.15) is 73.1 Å². The first-order valence-electron chi connectivity index (χ1n) is 8.66. The molecule has 0 bridgehead atoms. The van der Waals surface area contributed by atoms with Gasteiger partial charge in [0.1, 0.15) is 8.77 Å². The number of rotatable bonds is 7. The Morgan fingerprint density at radius 2 is 1.90 bits per heavy atom. The van der Waals surface area contributed by atoms with Gasteiger partial charge < -0.3 is 0 Å². The molecule has 0 N–H and O–H groups in total. The Morgan fingerprint density at radius 1 is 1.29 bits per heavy atom. The first-order valence-corrected chi connectivity index (χ1v) is 11.1. The van der Waals surface area contributed by atoms with Crippen LogP contribution in [0.25, 0.3) is 0 Å². The molecule has 4 heteroatoms. The Hall–Kier alpha value is 0.330. The predicted octanol–water partition coefficient (Wildman–Crippen LogP) is 4.70. The van der Waals surface area contributed by atoms with Crippen LogP contribution >= 0.6 is 0 Å². The van der Waals surface area contributed by atoms with Gasteiger partial charge in [0.25, 0.3) is 0 Å². The quantitative estimate of drug-likeness (QED) is 0.676. The molecule has 0 aromatic carbocycles. The molecule has 2 fully saturated rings. The second kappa shape index (κ2) is 6.45. The van der Waals surface area contributed by atoms with Crippen LogP contribution in [0.15, 0.2) is 0 Å². The molecule has 6 atom stereocenters. The van der Waals surface area contributed by atoms with Crippen LogP contribution in [-0.4, -0.2) is 15.6 Å². The Kier molecular flexibility index (Phi) is 5.43. The first kappa shape index (κ1) is 17.7. The van der Waals surface area contributed by atoms with Crippen LogP contribution in [0.3, 0.4) is 0 Å². The Balaban J connectivity index is 2.01. The minimum absolute atomic E-state index is 0.0752. The van der Waals surface area contributed by atoms with E-state index in [9.17, 15) is 4.21 Å². The maximum atomic E-state index is 13.1. The molecule has 2 aliphatic rings. The SMILES string of the molecule is CCCCC(CC)OS(=O)(=S)[C@H]1C[C@@H]2[C@H](C[C@H]1C)C2(C)C. The summed E-state index contributed by atoms with van der Waals surface area (Å²) in [7, 11) is -2.60. The van der Waals surface area contributed by atoms with Gasteiger partial charge in [-0.25, -0.2) is 4.21 Å². The summed E-state index contributed by atoms with van der Waals surface area (Å²) in [4.78, 5) is 0. The van der Waals surface area contributed by atoms with Crippen molar-refractivity contribution < 1.29 is 8.39 Å². The smallest absolute Gasteiger partial charge is 0.147 e. The molecular formula is C17H32O2S2. The zero-order chi connectivity index (χ0) is 15.8. The highest BCUT2D eigenvalue weighted by Gasteiger charge is 2.61. The van der Waals surface area contributed by atoms with Crippen molar-refractivity contribution in [2.75, 3.05) is 0 Å². The normalized spacial score (nSPS) is 38.3. The van der Waals surface area contributed by atoms with E-state index in [1.165, 1.54) is 6.42 Å². The van der Waals surface area contributed by atoms with E-state index in [1.54, 1.807) is 0 Å². The molecule has 0 heterocycles. The van der Waals surface area contributed by atoms with Gasteiger partial charge in [0.2, 0.25) is 0 Å². The summed E-state index contributed by atoms with van der Waals surface area (Å²) in [6.45, 7) is 11.2. The van der Waals surface area contributed by atoms with Gasteiger partial charge in [-0.1, -0.05) is 47.5 Å². The van der Waals surface area contributed by atoms with Gasteiger partial charge in [0.15, 0.2) is 0 Å². The summed E-state index contributed by atoms with van der Waals surface area (Å²) in [6.07, 6.45) is 6.42. The van der Waals surface area contributed by atoms with Gasteiger partial charge in [0.05, 0.1) is 11.4 Å². The molecule has 0 amide bonds. The second-order valence-electron chi connectivity index (χ2n) is 7.78. The standard InChI is InChI=1S/C17H32O2S2/c1-6-8-9-13(7-2)19-21(18,20)16-11-15-14(10-12(16)3)17(15,4)5/h12-16H,6-11H2,1-5H3/t12-,13?,14+,15-,16+,21?/m1/s1. The van der Waals surface area contributed by atoms with Crippen LogP contribution in [0.5, 0.6) is 0 Å². The van der Waals surface area contributed by atoms with Gasteiger partial charge >= 0.3 is 0 Å². The van der Waals surface area contributed by atoms with E-state index in [2.05, 4.69) is 34.6 Å². The van der Waals surface area contributed by atoms with Crippen molar-refractivity contribution in [1.82, 2.24) is 0 Å². The molecule has 0 aromatic heterocycles. The average Bonchev–Trinajstić information content (AvgIpc) is 2.94. The van der Waals surface area contributed by atoms with Gasteiger partial charge in [-0.15, -0.1) is 0 Å². The third kappa shape index (κ3) is 3.64. The molecule has 2 unspecified atom stereocenters. The minimum atomic E-state index is -2.60. The lowest BCUT2D eigenvalue weighted by molar-refractivity contribution is 0.196. The molecular weight excluding hydrogens is 300 g/mol. The molecule has 0 saturated heterocycles. The predicted molar refractivity (Wildman–Crippen MR) is 93.1 cm³/mol. The first-order chi connectivity index (χ1) is 9.74. The molecule has 124 valence electrons. The van der Waals surface area contributed by atoms with Crippen molar-refractivity contribution in [1.29, 1.82) is 0 Å². The van der Waals surface area contributed by atoms with Crippen molar-refractivity contribution in [3.63, 3.8) is 0 Å². The summed E-state index contributed by atoms with van der Waals surface area (Å²) < 4.78 is 19.0. The summed E-state index contributed by atoms with van der Waals surface area (Å²) in [5, 5.41) is 0.0752. The second-order valence-corrected chi connectivity index (χ2v) is 11.0. The van der Waals surface area contributed by atoms with Gasteiger partial charge in [-0.3, -0.25) is 4.18 Å². The molecule has 0 radical (unpaired) electrons. The molecule has 0 aromatic rings. The van der Waals surface area contributed by atoms with E-state index in [-0.39, 0.29) is 11.4 Å². The summed E-state index contributed by atoms with van der Waals surface area (Å²) in [5.74, 6) is 1.96. The highest BCUT2D eigenvalue weighted by atomic mass is 32.8. The van der Waals surface area contributed by atoms with Crippen LogP contribution in [-0.2, 0) is 24.1 Å². The summed E-state index contributed by atoms with van der Waals surface area (Å²) in [5.41, 5.74) is 0.431. The minimum Gasteiger partial charge on any atom is -0.286 e. The van der Waals surface area contributed by atoms with Crippen molar-refractivity contribution in [2.45, 2.75) is 84.5 Å². The van der Waals surface area contributed by atoms with Crippen LogP contribution in [0.4, 0.5) is 0 Å². The largest absolute Gasteiger partial charge is 0.286 e. The lowest BCUT2D eigenvalue weighted by atomic mass is 9.90. The molecule has 2 nitrogen and oxygen atoms in total. The van der Waals surface area contributed by atoms with E-state index in [0.29, 0.717) is 17.3 Å². The van der Waals surface area contributed by atoms with E-state index in [1.807, 2.05) is 0 Å². The maximum Gasteiger partial charge on any atom is 0.147 e. The lowest BCUT2D eigenvalue weighted by Gasteiger charge is -2.31. The van der Waals surface area contributed by atoms with Gasteiger partial charge in [-0.05, 0) is 48.9 Å². The monoisotopic (exact) mass is 332 g/mol. The summed E-state index contributed by atoms with van der Waals surface area (Å²) >= 11 is 5.49.